The van der Waals surface area contributed by atoms with Crippen molar-refractivity contribution >= 4 is 23.5 Å². The number of alkyl halides is 1. The van der Waals surface area contributed by atoms with Crippen LogP contribution in [0.2, 0.25) is 0 Å². The van der Waals surface area contributed by atoms with E-state index in [2.05, 4.69) is 12.2 Å². The minimum atomic E-state index is -0.530. The Labute approximate surface area is 130 Å². The van der Waals surface area contributed by atoms with Gasteiger partial charge in [-0.3, -0.25) is 0 Å². The van der Waals surface area contributed by atoms with Gasteiger partial charge in [-0.2, -0.15) is 0 Å². The van der Waals surface area contributed by atoms with Crippen molar-refractivity contribution in [1.82, 2.24) is 0 Å². The minimum Gasteiger partial charge on any atom is -0.489 e. The number of hydrogen-bond acceptors (Lipinski definition) is 3. The van der Waals surface area contributed by atoms with E-state index in [0.717, 1.165) is 23.4 Å². The lowest BCUT2D eigenvalue weighted by Gasteiger charge is -2.08. The highest BCUT2D eigenvalue weighted by Crippen LogP contribution is 2.24. The van der Waals surface area contributed by atoms with E-state index in [0.29, 0.717) is 11.4 Å². The number of halogens is 1. The van der Waals surface area contributed by atoms with Crippen LogP contribution in [0.4, 0.5) is 15.8 Å². The topological polar surface area (TPSA) is 47.3 Å². The number of nitrogens with two attached hydrogens (primary N) is 1. The van der Waals surface area contributed by atoms with E-state index >= 15 is 0 Å². The van der Waals surface area contributed by atoms with Gasteiger partial charge in [0.1, 0.15) is 19.0 Å². The maximum atomic E-state index is 12.2. The molecule has 0 amide bonds. The molecule has 0 saturated carbocycles. The molecule has 116 valence electrons. The number of benzene rings is 2. The molecule has 3 nitrogen and oxygen atoms in total. The summed E-state index contributed by atoms with van der Waals surface area (Å²) in [6, 6.07) is 13.7. The highest BCUT2D eigenvalue weighted by Gasteiger charge is 2.01. The average Bonchev–Trinajstić information content (AvgIpc) is 2.54. The first-order valence-electron chi connectivity index (χ1n) is 7.33. The average molecular weight is 300 g/mol. The SMILES string of the molecule is CCNc1ccc(/C=C/c2ccc(N)c(OCCF)c2)cc1. The van der Waals surface area contributed by atoms with Gasteiger partial charge in [0, 0.05) is 12.2 Å². The molecule has 0 aliphatic heterocycles. The lowest BCUT2D eigenvalue weighted by Crippen LogP contribution is -2.01. The van der Waals surface area contributed by atoms with Gasteiger partial charge in [0.2, 0.25) is 0 Å². The van der Waals surface area contributed by atoms with Crippen LogP contribution in [0.15, 0.2) is 42.5 Å². The van der Waals surface area contributed by atoms with E-state index in [-0.39, 0.29) is 6.61 Å². The number of rotatable bonds is 7. The van der Waals surface area contributed by atoms with Gasteiger partial charge in [-0.25, -0.2) is 4.39 Å². The normalized spacial score (nSPS) is 10.8. The summed E-state index contributed by atoms with van der Waals surface area (Å²) in [6.45, 7) is 2.46. The molecule has 0 aromatic heterocycles. The van der Waals surface area contributed by atoms with Crippen molar-refractivity contribution in [3.63, 3.8) is 0 Å². The Morgan fingerprint density at radius 1 is 1.09 bits per heavy atom. The van der Waals surface area contributed by atoms with Crippen molar-refractivity contribution in [1.29, 1.82) is 0 Å². The Balaban J connectivity index is 2.08. The molecule has 2 aromatic carbocycles. The first-order chi connectivity index (χ1) is 10.7. The molecule has 0 bridgehead atoms. The third-order valence-electron chi connectivity index (χ3n) is 3.13. The van der Waals surface area contributed by atoms with E-state index in [1.807, 2.05) is 48.6 Å². The highest BCUT2D eigenvalue weighted by atomic mass is 19.1. The molecule has 0 heterocycles. The van der Waals surface area contributed by atoms with Gasteiger partial charge in [-0.15, -0.1) is 0 Å². The summed E-state index contributed by atoms with van der Waals surface area (Å²) < 4.78 is 17.5. The molecule has 3 N–H and O–H groups in total. The molecule has 4 heteroatoms. The molecule has 22 heavy (non-hydrogen) atoms. The van der Waals surface area contributed by atoms with Crippen molar-refractivity contribution in [2.24, 2.45) is 0 Å². The standard InChI is InChI=1S/C18H21FN2O/c1-2-21-16-8-5-14(6-9-16)3-4-15-7-10-17(20)18(13-15)22-12-11-19/h3-10,13,21H,2,11-12,20H2,1H3/b4-3+. The quantitative estimate of drug-likeness (QED) is 0.594. The van der Waals surface area contributed by atoms with Gasteiger partial charge in [-0.1, -0.05) is 30.4 Å². The predicted molar refractivity (Wildman–Crippen MR) is 91.9 cm³/mol. The van der Waals surface area contributed by atoms with Crippen molar-refractivity contribution < 1.29 is 9.13 Å². The largest absolute Gasteiger partial charge is 0.489 e. The summed E-state index contributed by atoms with van der Waals surface area (Å²) in [4.78, 5) is 0. The molecule has 0 atom stereocenters. The summed E-state index contributed by atoms with van der Waals surface area (Å²) in [5.41, 5.74) is 9.48. The van der Waals surface area contributed by atoms with Crippen LogP contribution in [0.5, 0.6) is 5.75 Å². The van der Waals surface area contributed by atoms with E-state index in [9.17, 15) is 4.39 Å². The summed E-state index contributed by atoms with van der Waals surface area (Å²) in [5.74, 6) is 0.516. The maximum Gasteiger partial charge on any atom is 0.142 e. The highest BCUT2D eigenvalue weighted by molar-refractivity contribution is 5.72. The number of anilines is 2. The van der Waals surface area contributed by atoms with Crippen LogP contribution in [0, 0.1) is 0 Å². The lowest BCUT2D eigenvalue weighted by atomic mass is 10.1. The molecule has 0 radical (unpaired) electrons. The van der Waals surface area contributed by atoms with E-state index in [1.54, 1.807) is 6.07 Å². The van der Waals surface area contributed by atoms with Gasteiger partial charge < -0.3 is 15.8 Å². The summed E-state index contributed by atoms with van der Waals surface area (Å²) in [5, 5.41) is 3.26. The first kappa shape index (κ1) is 15.9. The van der Waals surface area contributed by atoms with Gasteiger partial charge in [0.25, 0.3) is 0 Å². The number of ether oxygens (including phenoxy) is 1. The Hall–Kier alpha value is -2.49. The van der Waals surface area contributed by atoms with Gasteiger partial charge in [0.05, 0.1) is 5.69 Å². The maximum absolute atomic E-state index is 12.2. The van der Waals surface area contributed by atoms with Crippen LogP contribution in [-0.2, 0) is 0 Å². The second-order valence-electron chi connectivity index (χ2n) is 4.82. The van der Waals surface area contributed by atoms with Crippen molar-refractivity contribution in [2.45, 2.75) is 6.92 Å². The Morgan fingerprint density at radius 3 is 2.45 bits per heavy atom. The van der Waals surface area contributed by atoms with Crippen LogP contribution in [0.1, 0.15) is 18.1 Å². The molecule has 0 saturated heterocycles. The first-order valence-corrected chi connectivity index (χ1v) is 7.33. The number of nitrogens with one attached hydrogen (secondary N) is 1. The molecule has 2 rings (SSSR count). The third kappa shape index (κ3) is 4.52. The van der Waals surface area contributed by atoms with Crippen LogP contribution in [0.25, 0.3) is 12.2 Å². The fourth-order valence-electron chi connectivity index (χ4n) is 2.04. The van der Waals surface area contributed by atoms with Crippen molar-refractivity contribution in [3.8, 4) is 5.75 Å². The van der Waals surface area contributed by atoms with E-state index in [1.165, 1.54) is 0 Å². The van der Waals surface area contributed by atoms with Gasteiger partial charge in [0.15, 0.2) is 0 Å². The van der Waals surface area contributed by atoms with Gasteiger partial charge >= 0.3 is 0 Å². The molecule has 2 aromatic rings. The predicted octanol–water partition coefficient (Wildman–Crippen LogP) is 4.22. The number of hydrogen-bond donors (Lipinski definition) is 2. The minimum absolute atomic E-state index is 0.0171. The zero-order chi connectivity index (χ0) is 15.8. The van der Waals surface area contributed by atoms with Crippen LogP contribution < -0.4 is 15.8 Å². The molecule has 0 unspecified atom stereocenters. The molecular weight excluding hydrogens is 279 g/mol. The van der Waals surface area contributed by atoms with E-state index < -0.39 is 6.67 Å². The molecule has 0 spiro atoms. The van der Waals surface area contributed by atoms with Gasteiger partial charge in [-0.05, 0) is 42.3 Å². The van der Waals surface area contributed by atoms with Crippen LogP contribution in [-0.4, -0.2) is 19.8 Å². The molecular formula is C18H21FN2O. The number of nitrogen functional groups attached to an aromatic ring is 1. The summed E-state index contributed by atoms with van der Waals surface area (Å²) >= 11 is 0. The van der Waals surface area contributed by atoms with E-state index in [4.69, 9.17) is 10.5 Å². The van der Waals surface area contributed by atoms with Crippen molar-refractivity contribution in [2.75, 3.05) is 30.9 Å². The molecule has 0 aliphatic carbocycles. The smallest absolute Gasteiger partial charge is 0.142 e. The molecule has 0 fully saturated rings. The Kier molecular flexibility index (Phi) is 5.83. The third-order valence-corrected chi connectivity index (χ3v) is 3.13. The fraction of sp³-hybridized carbons (Fsp3) is 0.222. The fourth-order valence-corrected chi connectivity index (χ4v) is 2.04. The van der Waals surface area contributed by atoms with Crippen molar-refractivity contribution in [3.05, 3.63) is 53.6 Å². The lowest BCUT2D eigenvalue weighted by molar-refractivity contribution is 0.274. The Morgan fingerprint density at radius 2 is 1.77 bits per heavy atom. The zero-order valence-corrected chi connectivity index (χ0v) is 12.7. The van der Waals surface area contributed by atoms with Crippen LogP contribution in [0.3, 0.4) is 0 Å². The zero-order valence-electron chi connectivity index (χ0n) is 12.7. The second-order valence-corrected chi connectivity index (χ2v) is 4.82. The second kappa shape index (κ2) is 8.08. The summed E-state index contributed by atoms with van der Waals surface area (Å²) in [6.07, 6.45) is 3.99. The molecule has 0 aliphatic rings. The monoisotopic (exact) mass is 300 g/mol. The summed E-state index contributed by atoms with van der Waals surface area (Å²) in [7, 11) is 0. The van der Waals surface area contributed by atoms with Crippen LogP contribution >= 0.6 is 0 Å². The Bertz CT molecular complexity index is 623.